The van der Waals surface area contributed by atoms with Crippen LogP contribution in [0.4, 0.5) is 0 Å². The van der Waals surface area contributed by atoms with Crippen molar-refractivity contribution in [3.63, 3.8) is 0 Å². The second-order valence-corrected chi connectivity index (χ2v) is 7.21. The van der Waals surface area contributed by atoms with Gasteiger partial charge in [0.25, 0.3) is 5.91 Å². The molecule has 0 spiro atoms. The van der Waals surface area contributed by atoms with Crippen molar-refractivity contribution in [3.05, 3.63) is 58.6 Å². The zero-order valence-corrected chi connectivity index (χ0v) is 15.1. The zero-order valence-electron chi connectivity index (χ0n) is 13.5. The molecule has 2 heterocycles. The fourth-order valence-electron chi connectivity index (χ4n) is 2.28. The maximum Gasteiger partial charge on any atom is 0.270 e. The summed E-state index contributed by atoms with van der Waals surface area (Å²) in [5.74, 6) is 0.223. The van der Waals surface area contributed by atoms with Crippen LogP contribution in [-0.4, -0.2) is 22.2 Å². The van der Waals surface area contributed by atoms with Gasteiger partial charge in [-0.3, -0.25) is 4.79 Å². The quantitative estimate of drug-likeness (QED) is 0.721. The van der Waals surface area contributed by atoms with Crippen LogP contribution >= 0.6 is 22.9 Å². The molecule has 0 fully saturated rings. The Morgan fingerprint density at radius 2 is 2.08 bits per heavy atom. The predicted molar refractivity (Wildman–Crippen MR) is 99.1 cm³/mol. The van der Waals surface area contributed by atoms with Crippen LogP contribution in [0.15, 0.2) is 47.8 Å². The van der Waals surface area contributed by atoms with Crippen molar-refractivity contribution in [1.82, 2.24) is 15.1 Å². The molecule has 3 rings (SSSR count). The topological polar surface area (TPSA) is 46.9 Å². The lowest BCUT2D eigenvalue weighted by Gasteiger charge is -2.10. The van der Waals surface area contributed by atoms with Gasteiger partial charge in [0.15, 0.2) is 0 Å². The summed E-state index contributed by atoms with van der Waals surface area (Å²) in [7, 11) is 0. The second kappa shape index (κ2) is 7.20. The summed E-state index contributed by atoms with van der Waals surface area (Å²) in [6.07, 6.45) is 0. The smallest absolute Gasteiger partial charge is 0.270 e. The molecule has 0 saturated heterocycles. The Morgan fingerprint density at radius 3 is 2.75 bits per heavy atom. The number of carbonyl (C=O) groups excluding carboxylic acids is 1. The van der Waals surface area contributed by atoms with Crippen molar-refractivity contribution in [1.29, 1.82) is 0 Å². The molecule has 124 valence electrons. The van der Waals surface area contributed by atoms with Crippen LogP contribution in [0.25, 0.3) is 16.3 Å². The van der Waals surface area contributed by atoms with E-state index in [0.29, 0.717) is 28.9 Å². The first-order valence-corrected chi connectivity index (χ1v) is 8.99. The van der Waals surface area contributed by atoms with Gasteiger partial charge in [0, 0.05) is 6.54 Å². The van der Waals surface area contributed by atoms with Crippen molar-refractivity contribution in [2.24, 2.45) is 5.92 Å². The molecule has 0 atom stereocenters. The van der Waals surface area contributed by atoms with E-state index < -0.39 is 0 Å². The van der Waals surface area contributed by atoms with E-state index in [1.807, 2.05) is 41.8 Å². The number of hydrogen-bond acceptors (Lipinski definition) is 3. The maximum atomic E-state index is 12.6. The highest BCUT2D eigenvalue weighted by Gasteiger charge is 2.19. The van der Waals surface area contributed by atoms with Crippen molar-refractivity contribution in [2.45, 2.75) is 13.8 Å². The minimum absolute atomic E-state index is 0.154. The molecule has 0 aliphatic heterocycles. The third-order valence-electron chi connectivity index (χ3n) is 3.47. The molecule has 24 heavy (non-hydrogen) atoms. The Hall–Kier alpha value is -2.11. The summed E-state index contributed by atoms with van der Waals surface area (Å²) in [6.45, 7) is 4.73. The Balaban J connectivity index is 2.05. The summed E-state index contributed by atoms with van der Waals surface area (Å²) in [6, 6.07) is 13.1. The first-order valence-electron chi connectivity index (χ1n) is 7.73. The van der Waals surface area contributed by atoms with E-state index in [2.05, 4.69) is 24.3 Å². The van der Waals surface area contributed by atoms with Gasteiger partial charge in [-0.05, 0) is 35.6 Å². The number of nitrogens with one attached hydrogen (secondary N) is 1. The fourth-order valence-corrected chi connectivity index (χ4v) is 3.18. The van der Waals surface area contributed by atoms with E-state index in [-0.39, 0.29) is 5.91 Å². The van der Waals surface area contributed by atoms with E-state index in [1.165, 1.54) is 0 Å². The first kappa shape index (κ1) is 16.7. The number of thiophene rings is 1. The van der Waals surface area contributed by atoms with Crippen LogP contribution in [0.1, 0.15) is 24.3 Å². The first-order chi connectivity index (χ1) is 11.6. The molecule has 6 heteroatoms. The van der Waals surface area contributed by atoms with E-state index in [4.69, 9.17) is 11.6 Å². The number of amides is 1. The Labute approximate surface area is 150 Å². The highest BCUT2D eigenvalue weighted by molar-refractivity contribution is 7.13. The fraction of sp³-hybridized carbons (Fsp3) is 0.222. The number of benzene rings is 1. The van der Waals surface area contributed by atoms with Gasteiger partial charge in [-0.1, -0.05) is 43.6 Å². The minimum Gasteiger partial charge on any atom is -0.350 e. The van der Waals surface area contributed by atoms with Crippen molar-refractivity contribution >= 4 is 28.8 Å². The van der Waals surface area contributed by atoms with Crippen LogP contribution in [0.5, 0.6) is 0 Å². The molecule has 1 aromatic carbocycles. The number of nitrogens with zero attached hydrogens (tertiary/aromatic N) is 2. The Bertz CT molecular complexity index is 840. The number of hydrogen-bond donors (Lipinski definition) is 1. The summed E-state index contributed by atoms with van der Waals surface area (Å²) in [5, 5.41) is 10.1. The van der Waals surface area contributed by atoms with Gasteiger partial charge < -0.3 is 5.32 Å². The molecule has 0 saturated carbocycles. The van der Waals surface area contributed by atoms with Gasteiger partial charge in [-0.25, -0.2) is 4.68 Å². The standard InChI is InChI=1S/C18H18ClN3OS/c1-12(2)11-20-18(23)16-10-14(17-8-5-9-24-17)21-22(16)15-7-4-3-6-13(15)19/h3-10,12H,11H2,1-2H3,(H,20,23). The van der Waals surface area contributed by atoms with Gasteiger partial charge in [0.2, 0.25) is 0 Å². The van der Waals surface area contributed by atoms with Gasteiger partial charge in [0.05, 0.1) is 15.6 Å². The van der Waals surface area contributed by atoms with E-state index in [9.17, 15) is 4.79 Å². The third-order valence-corrected chi connectivity index (χ3v) is 4.68. The lowest BCUT2D eigenvalue weighted by atomic mass is 10.2. The van der Waals surface area contributed by atoms with Crippen LogP contribution < -0.4 is 5.32 Å². The molecule has 4 nitrogen and oxygen atoms in total. The zero-order chi connectivity index (χ0) is 17.1. The molecule has 2 aromatic heterocycles. The molecular weight excluding hydrogens is 342 g/mol. The van der Waals surface area contributed by atoms with Gasteiger partial charge in [-0.15, -0.1) is 11.3 Å². The van der Waals surface area contributed by atoms with Crippen LogP contribution in [0.3, 0.4) is 0 Å². The molecule has 0 aliphatic rings. The number of halogens is 1. The van der Waals surface area contributed by atoms with Crippen molar-refractivity contribution in [2.75, 3.05) is 6.54 Å². The molecule has 1 amide bonds. The molecule has 0 bridgehead atoms. The Kier molecular flexibility index (Phi) is 5.02. The SMILES string of the molecule is CC(C)CNC(=O)c1cc(-c2cccs2)nn1-c1ccccc1Cl. The highest BCUT2D eigenvalue weighted by Crippen LogP contribution is 2.28. The van der Waals surface area contributed by atoms with Crippen molar-refractivity contribution < 1.29 is 4.79 Å². The summed E-state index contributed by atoms with van der Waals surface area (Å²) in [5.41, 5.74) is 1.93. The van der Waals surface area contributed by atoms with Gasteiger partial charge >= 0.3 is 0 Å². The summed E-state index contributed by atoms with van der Waals surface area (Å²) >= 11 is 7.89. The third kappa shape index (κ3) is 3.52. The van der Waals surface area contributed by atoms with Crippen LogP contribution in [0.2, 0.25) is 5.02 Å². The van der Waals surface area contributed by atoms with Crippen molar-refractivity contribution in [3.8, 4) is 16.3 Å². The summed E-state index contributed by atoms with van der Waals surface area (Å²) < 4.78 is 1.62. The lowest BCUT2D eigenvalue weighted by molar-refractivity contribution is 0.0941. The monoisotopic (exact) mass is 359 g/mol. The van der Waals surface area contributed by atoms with Gasteiger partial charge in [-0.2, -0.15) is 5.10 Å². The number of rotatable bonds is 5. The molecule has 3 aromatic rings. The average Bonchev–Trinajstić information content (AvgIpc) is 3.22. The molecule has 1 N–H and O–H groups in total. The predicted octanol–water partition coefficient (Wildman–Crippen LogP) is 4.64. The van der Waals surface area contributed by atoms with E-state index in [0.717, 1.165) is 10.6 Å². The molecule has 0 aliphatic carbocycles. The number of para-hydroxylation sites is 1. The minimum atomic E-state index is -0.154. The highest BCUT2D eigenvalue weighted by atomic mass is 35.5. The lowest BCUT2D eigenvalue weighted by Crippen LogP contribution is -2.29. The Morgan fingerprint density at radius 1 is 1.29 bits per heavy atom. The number of carbonyl (C=O) groups is 1. The molecular formula is C18H18ClN3OS. The van der Waals surface area contributed by atoms with E-state index in [1.54, 1.807) is 22.1 Å². The maximum absolute atomic E-state index is 12.6. The number of aromatic nitrogens is 2. The largest absolute Gasteiger partial charge is 0.350 e. The molecule has 0 unspecified atom stereocenters. The summed E-state index contributed by atoms with van der Waals surface area (Å²) in [4.78, 5) is 13.6. The van der Waals surface area contributed by atoms with Crippen LogP contribution in [0, 0.1) is 5.92 Å². The van der Waals surface area contributed by atoms with Crippen LogP contribution in [-0.2, 0) is 0 Å². The van der Waals surface area contributed by atoms with E-state index >= 15 is 0 Å². The normalized spacial score (nSPS) is 11.0. The molecule has 0 radical (unpaired) electrons. The average molecular weight is 360 g/mol. The second-order valence-electron chi connectivity index (χ2n) is 5.86. The van der Waals surface area contributed by atoms with Gasteiger partial charge in [0.1, 0.15) is 11.4 Å².